The van der Waals surface area contributed by atoms with Gasteiger partial charge in [-0.15, -0.1) is 0 Å². The van der Waals surface area contributed by atoms with E-state index in [4.69, 9.17) is 15.8 Å². The van der Waals surface area contributed by atoms with Crippen LogP contribution >= 0.6 is 0 Å². The van der Waals surface area contributed by atoms with Crippen LogP contribution in [0.2, 0.25) is 0 Å². The van der Waals surface area contributed by atoms with E-state index in [9.17, 15) is 0 Å². The van der Waals surface area contributed by atoms with E-state index < -0.39 is 0 Å². The van der Waals surface area contributed by atoms with Gasteiger partial charge in [-0.05, 0) is 36.4 Å². The highest BCUT2D eigenvalue weighted by Crippen LogP contribution is 2.31. The number of nitrogen functional groups attached to an aromatic ring is 1. The second kappa shape index (κ2) is 10.1. The van der Waals surface area contributed by atoms with Crippen LogP contribution in [-0.4, -0.2) is 69.1 Å². The summed E-state index contributed by atoms with van der Waals surface area (Å²) in [4.78, 5) is 13.9. The van der Waals surface area contributed by atoms with Crippen molar-refractivity contribution in [2.45, 2.75) is 0 Å². The molecule has 4 aromatic rings. The molecule has 35 heavy (non-hydrogen) atoms. The summed E-state index contributed by atoms with van der Waals surface area (Å²) in [6.07, 6.45) is 3.73. The number of β-amino-alcohol motifs (C(OH)–C–C–N with tert-alkyl or cyclic N) is 1. The topological polar surface area (TPSA) is 108 Å². The summed E-state index contributed by atoms with van der Waals surface area (Å²) in [5.74, 6) is 0.527. The van der Waals surface area contributed by atoms with E-state index in [1.807, 2.05) is 55.7 Å². The van der Waals surface area contributed by atoms with Crippen LogP contribution in [0.15, 0.2) is 67.0 Å². The third-order valence-corrected chi connectivity index (χ3v) is 6.20. The molecule has 1 aliphatic heterocycles. The summed E-state index contributed by atoms with van der Waals surface area (Å²) >= 11 is 0. The number of rotatable bonds is 7. The summed E-state index contributed by atoms with van der Waals surface area (Å²) < 4.78 is 1.79. The zero-order valence-corrected chi connectivity index (χ0v) is 19.8. The number of aromatic nitrogens is 4. The number of benzene rings is 2. The van der Waals surface area contributed by atoms with Crippen molar-refractivity contribution < 1.29 is 5.11 Å². The van der Waals surface area contributed by atoms with E-state index in [1.54, 1.807) is 10.9 Å². The molecular weight excluding hydrogens is 440 g/mol. The summed E-state index contributed by atoms with van der Waals surface area (Å²) in [5, 5.41) is 17.2. The smallest absolute Gasteiger partial charge is 0.227 e. The van der Waals surface area contributed by atoms with Crippen molar-refractivity contribution >= 4 is 23.0 Å². The Bertz CT molecular complexity index is 1280. The van der Waals surface area contributed by atoms with Crippen molar-refractivity contribution in [1.29, 1.82) is 0 Å². The van der Waals surface area contributed by atoms with E-state index >= 15 is 0 Å². The molecule has 0 atom stereocenters. The Morgan fingerprint density at radius 3 is 2.60 bits per heavy atom. The van der Waals surface area contributed by atoms with E-state index in [1.165, 1.54) is 0 Å². The standard InChI is InChI=1S/C26H30N8O/c1-32-18-23(25(31-32)19-5-7-20(27)8-6-19)24-9-10-28-26(30-24)29-21-3-2-4-22(17-21)34-13-11-33(12-14-34)15-16-35/h2-10,17-18,35H,11-16,27H2,1H3,(H,28,29,30). The highest BCUT2D eigenvalue weighted by Gasteiger charge is 2.17. The number of nitrogens with one attached hydrogen (secondary N) is 1. The molecule has 1 saturated heterocycles. The SMILES string of the molecule is Cn1cc(-c2ccnc(Nc3cccc(N4CCN(CCO)CC4)c3)n2)c(-c2ccc(N)cc2)n1. The fourth-order valence-corrected chi connectivity index (χ4v) is 4.38. The largest absolute Gasteiger partial charge is 0.399 e. The summed E-state index contributed by atoms with van der Waals surface area (Å²) in [7, 11) is 1.90. The normalized spacial score (nSPS) is 14.3. The van der Waals surface area contributed by atoms with Gasteiger partial charge < -0.3 is 21.1 Å². The lowest BCUT2D eigenvalue weighted by Gasteiger charge is -2.35. The van der Waals surface area contributed by atoms with Gasteiger partial charge in [0.1, 0.15) is 5.69 Å². The predicted octanol–water partition coefficient (Wildman–Crippen LogP) is 2.98. The molecule has 180 valence electrons. The molecule has 2 aromatic heterocycles. The number of piperazine rings is 1. The van der Waals surface area contributed by atoms with Crippen LogP contribution in [-0.2, 0) is 7.05 Å². The van der Waals surface area contributed by atoms with Crippen molar-refractivity contribution in [2.24, 2.45) is 7.05 Å². The first-order valence-electron chi connectivity index (χ1n) is 11.8. The highest BCUT2D eigenvalue weighted by atomic mass is 16.3. The number of hydrogen-bond donors (Lipinski definition) is 3. The van der Waals surface area contributed by atoms with Gasteiger partial charge >= 0.3 is 0 Å². The van der Waals surface area contributed by atoms with Gasteiger partial charge in [-0.3, -0.25) is 9.58 Å². The van der Waals surface area contributed by atoms with Crippen LogP contribution in [0, 0.1) is 0 Å². The Kier molecular flexibility index (Phi) is 6.60. The van der Waals surface area contributed by atoms with Crippen molar-refractivity contribution in [3.63, 3.8) is 0 Å². The number of anilines is 4. The molecule has 5 rings (SSSR count). The first-order valence-corrected chi connectivity index (χ1v) is 11.8. The maximum Gasteiger partial charge on any atom is 0.227 e. The zero-order chi connectivity index (χ0) is 24.2. The average Bonchev–Trinajstić information content (AvgIpc) is 3.27. The van der Waals surface area contributed by atoms with Gasteiger partial charge in [0, 0.05) is 80.4 Å². The molecule has 1 aliphatic rings. The third-order valence-electron chi connectivity index (χ3n) is 6.20. The number of aliphatic hydroxyl groups excluding tert-OH is 1. The summed E-state index contributed by atoms with van der Waals surface area (Å²) in [6, 6.07) is 17.9. The van der Waals surface area contributed by atoms with Crippen molar-refractivity contribution in [1.82, 2.24) is 24.6 Å². The van der Waals surface area contributed by atoms with Gasteiger partial charge in [-0.1, -0.05) is 18.2 Å². The maximum absolute atomic E-state index is 9.17. The van der Waals surface area contributed by atoms with E-state index in [2.05, 4.69) is 37.3 Å². The van der Waals surface area contributed by atoms with Gasteiger partial charge in [0.25, 0.3) is 0 Å². The van der Waals surface area contributed by atoms with Crippen LogP contribution in [0.5, 0.6) is 0 Å². The second-order valence-corrected chi connectivity index (χ2v) is 8.68. The molecule has 3 heterocycles. The number of nitrogens with two attached hydrogens (primary N) is 1. The first-order chi connectivity index (χ1) is 17.1. The molecule has 4 N–H and O–H groups in total. The van der Waals surface area contributed by atoms with Gasteiger partial charge in [-0.2, -0.15) is 5.10 Å². The van der Waals surface area contributed by atoms with Crippen LogP contribution in [0.25, 0.3) is 22.5 Å². The Labute approximate surface area is 204 Å². The Morgan fingerprint density at radius 2 is 1.83 bits per heavy atom. The average molecular weight is 471 g/mol. The molecule has 0 radical (unpaired) electrons. The molecule has 2 aromatic carbocycles. The second-order valence-electron chi connectivity index (χ2n) is 8.68. The number of aryl methyl sites for hydroxylation is 1. The molecule has 0 bridgehead atoms. The number of hydrogen-bond acceptors (Lipinski definition) is 8. The Balaban J connectivity index is 1.35. The monoisotopic (exact) mass is 470 g/mol. The minimum absolute atomic E-state index is 0.207. The lowest BCUT2D eigenvalue weighted by molar-refractivity contribution is 0.189. The van der Waals surface area contributed by atoms with E-state index in [0.717, 1.165) is 66.6 Å². The molecule has 1 fully saturated rings. The minimum Gasteiger partial charge on any atom is -0.399 e. The van der Waals surface area contributed by atoms with Crippen LogP contribution in [0.1, 0.15) is 0 Å². The molecular formula is C26H30N8O. The first kappa shape index (κ1) is 22.8. The molecule has 0 amide bonds. The maximum atomic E-state index is 9.17. The zero-order valence-electron chi connectivity index (χ0n) is 19.8. The fourth-order valence-electron chi connectivity index (χ4n) is 4.38. The summed E-state index contributed by atoms with van der Waals surface area (Å²) in [5.41, 5.74) is 12.2. The van der Waals surface area contributed by atoms with Crippen LogP contribution in [0.3, 0.4) is 0 Å². The fraction of sp³-hybridized carbons (Fsp3) is 0.269. The quantitative estimate of drug-likeness (QED) is 0.354. The Morgan fingerprint density at radius 1 is 1.03 bits per heavy atom. The molecule has 0 saturated carbocycles. The number of aliphatic hydroxyl groups is 1. The number of nitrogens with zero attached hydrogens (tertiary/aromatic N) is 6. The molecule has 9 heteroatoms. The highest BCUT2D eigenvalue weighted by molar-refractivity contribution is 5.79. The van der Waals surface area contributed by atoms with Crippen LogP contribution in [0.4, 0.5) is 23.0 Å². The Hall–Kier alpha value is -3.95. The molecule has 0 unspecified atom stereocenters. The van der Waals surface area contributed by atoms with Gasteiger partial charge in [0.2, 0.25) is 5.95 Å². The van der Waals surface area contributed by atoms with Crippen molar-refractivity contribution in [3.05, 3.63) is 67.0 Å². The van der Waals surface area contributed by atoms with Gasteiger partial charge in [0.15, 0.2) is 0 Å². The van der Waals surface area contributed by atoms with Crippen molar-refractivity contribution in [3.8, 4) is 22.5 Å². The molecule has 0 spiro atoms. The summed E-state index contributed by atoms with van der Waals surface area (Å²) in [6.45, 7) is 4.71. The van der Waals surface area contributed by atoms with Crippen molar-refractivity contribution in [2.75, 3.05) is 55.3 Å². The molecule has 0 aliphatic carbocycles. The van der Waals surface area contributed by atoms with E-state index in [-0.39, 0.29) is 6.61 Å². The minimum atomic E-state index is 0.207. The lowest BCUT2D eigenvalue weighted by Crippen LogP contribution is -2.47. The lowest BCUT2D eigenvalue weighted by atomic mass is 10.1. The van der Waals surface area contributed by atoms with Gasteiger partial charge in [-0.25, -0.2) is 9.97 Å². The third kappa shape index (κ3) is 5.26. The predicted molar refractivity (Wildman–Crippen MR) is 140 cm³/mol. The molecule has 9 nitrogen and oxygen atoms in total. The van der Waals surface area contributed by atoms with Gasteiger partial charge in [0.05, 0.1) is 12.3 Å². The van der Waals surface area contributed by atoms with E-state index in [0.29, 0.717) is 11.6 Å². The van der Waals surface area contributed by atoms with Crippen LogP contribution < -0.4 is 16.0 Å².